The summed E-state index contributed by atoms with van der Waals surface area (Å²) in [7, 11) is 2.87. The fourth-order valence-electron chi connectivity index (χ4n) is 8.28. The summed E-state index contributed by atoms with van der Waals surface area (Å²) in [5, 5.41) is 31.1. The van der Waals surface area contributed by atoms with Crippen LogP contribution in [0.1, 0.15) is 91.7 Å². The van der Waals surface area contributed by atoms with Crippen LogP contribution in [0, 0.1) is 35.5 Å². The number of benzene rings is 2. The lowest BCUT2D eigenvalue weighted by Crippen LogP contribution is -2.52. The number of nitrogens with one attached hydrogen (secondary N) is 4. The van der Waals surface area contributed by atoms with Crippen molar-refractivity contribution in [2.24, 2.45) is 35.5 Å². The van der Waals surface area contributed by atoms with Gasteiger partial charge in [0.25, 0.3) is 5.91 Å². The molecule has 10 atom stereocenters. The minimum Gasteiger partial charge on any atom is -0.481 e. The van der Waals surface area contributed by atoms with Gasteiger partial charge in [-0.2, -0.15) is 0 Å². The van der Waals surface area contributed by atoms with Gasteiger partial charge in [0.2, 0.25) is 23.6 Å². The van der Waals surface area contributed by atoms with Crippen molar-refractivity contribution in [2.75, 3.05) is 14.2 Å². The smallest absolute Gasteiger partial charge is 0.326 e. The highest BCUT2D eigenvalue weighted by Gasteiger charge is 2.38. The molecule has 0 radical (unpaired) electrons. The third kappa shape index (κ3) is 18.5. The van der Waals surface area contributed by atoms with E-state index in [1.807, 2.05) is 50.3 Å². The lowest BCUT2D eigenvalue weighted by atomic mass is 9.80. The van der Waals surface area contributed by atoms with E-state index in [0.717, 1.165) is 16.0 Å². The molecular formula is C54H73N5O12. The maximum Gasteiger partial charge on any atom is 0.326 e. The number of hydrogen-bond donors (Lipinski definition) is 6. The molecule has 3 rings (SSSR count). The number of carbonyl (C=O) groups excluding carboxylic acids is 7. The first-order valence-electron chi connectivity index (χ1n) is 24.1. The standard InChI is InChI=1S/C54H73N5O12/c1-31(2)25-44-46(61)30-41(53(67)68)34(5)45(60)29-40(27-38-17-13-11-14-18-38)52(66)56-42(22-21-32(3)26-33(4)47(71-10)28-39-19-15-12-16-20-39)35(6)49(63)57-43(54(69)70)23-24-48(62)59(9)37(8)51(65)55-36(7)50(64)58-44/h11-22,26,31,33-36,40-44,47H,8,23-25,27-30H2,1-7,9-10H3,(H,55,65)(H,56,66)(H,57,63)(H,58,64)(H,67,68)(H,69,70)/b22-21+,32-26+/t33-,34-,35-,36+,40+,41+,42-,43+,44-,47-/m0/s1. The zero-order valence-corrected chi connectivity index (χ0v) is 42.4. The van der Waals surface area contributed by atoms with Crippen molar-refractivity contribution >= 4 is 53.0 Å². The van der Waals surface area contributed by atoms with Gasteiger partial charge < -0.3 is 41.1 Å². The van der Waals surface area contributed by atoms with E-state index < -0.39 is 127 Å². The summed E-state index contributed by atoms with van der Waals surface area (Å²) >= 11 is 0. The van der Waals surface area contributed by atoms with E-state index in [1.165, 1.54) is 27.8 Å². The quantitative estimate of drug-likeness (QED) is 0.115. The average molecular weight is 984 g/mol. The van der Waals surface area contributed by atoms with Gasteiger partial charge in [0, 0.05) is 51.2 Å². The van der Waals surface area contributed by atoms with Crippen LogP contribution in [-0.2, 0) is 60.7 Å². The maximum absolute atomic E-state index is 14.6. The van der Waals surface area contributed by atoms with Crippen molar-refractivity contribution in [1.82, 2.24) is 26.2 Å². The number of carboxylic acid groups (broad SMARTS) is 2. The van der Waals surface area contributed by atoms with Crippen LogP contribution < -0.4 is 21.3 Å². The highest BCUT2D eigenvalue weighted by molar-refractivity contribution is 6.00. The Labute approximate surface area is 417 Å². The Balaban J connectivity index is 2.14. The summed E-state index contributed by atoms with van der Waals surface area (Å²) in [4.78, 5) is 123. The number of amides is 5. The fourth-order valence-corrected chi connectivity index (χ4v) is 8.28. The number of aliphatic carboxylic acids is 2. The van der Waals surface area contributed by atoms with Gasteiger partial charge in [-0.1, -0.05) is 126 Å². The minimum atomic E-state index is -1.59. The van der Waals surface area contributed by atoms with Crippen LogP contribution in [0.2, 0.25) is 0 Å². The number of ketones is 2. The van der Waals surface area contributed by atoms with E-state index in [0.29, 0.717) is 12.0 Å². The molecule has 2 aromatic rings. The largest absolute Gasteiger partial charge is 0.481 e. The molecular weight excluding hydrogens is 911 g/mol. The zero-order valence-electron chi connectivity index (χ0n) is 42.4. The summed E-state index contributed by atoms with van der Waals surface area (Å²) in [6.07, 6.45) is 3.92. The predicted octanol–water partition coefficient (Wildman–Crippen LogP) is 4.99. The van der Waals surface area contributed by atoms with Gasteiger partial charge in [0.15, 0.2) is 5.78 Å². The molecule has 1 aliphatic heterocycles. The van der Waals surface area contributed by atoms with Crippen molar-refractivity contribution in [3.8, 4) is 0 Å². The molecule has 71 heavy (non-hydrogen) atoms. The van der Waals surface area contributed by atoms with Gasteiger partial charge in [0.1, 0.15) is 23.6 Å². The molecule has 0 unspecified atom stereocenters. The molecule has 0 bridgehead atoms. The Morgan fingerprint density at radius 3 is 1.96 bits per heavy atom. The normalized spacial score (nSPS) is 25.6. The van der Waals surface area contributed by atoms with Crippen LogP contribution in [0.15, 0.2) is 96.7 Å². The van der Waals surface area contributed by atoms with Crippen LogP contribution in [-0.4, -0.2) is 113 Å². The van der Waals surface area contributed by atoms with Crippen LogP contribution in [0.4, 0.5) is 0 Å². The van der Waals surface area contributed by atoms with Gasteiger partial charge >= 0.3 is 11.9 Å². The highest BCUT2D eigenvalue weighted by Crippen LogP contribution is 2.26. The van der Waals surface area contributed by atoms with Gasteiger partial charge in [0.05, 0.1) is 30.0 Å². The monoisotopic (exact) mass is 984 g/mol. The molecule has 2 aromatic carbocycles. The summed E-state index contributed by atoms with van der Waals surface area (Å²) in [6.45, 7) is 15.3. The SMILES string of the molecule is C=C1C(=O)N[C@H](C)C(=O)N[C@@H](CC(C)C)C(=O)C[C@@H](C(=O)O)[C@H](C)C(=O)C[C@@H](Cc2ccccc2)C(=O)N[C@@H](/C=C/C(C)=C/[C@H](C)[C@H](Cc2ccccc2)OC)[C@H](C)C(=O)N[C@@H](C(=O)O)CCC(=O)N1C. The van der Waals surface area contributed by atoms with Crippen LogP contribution in [0.3, 0.4) is 0 Å². The molecule has 386 valence electrons. The number of carbonyl (C=O) groups is 9. The molecule has 5 amide bonds. The van der Waals surface area contributed by atoms with Gasteiger partial charge in [-0.25, -0.2) is 4.79 Å². The van der Waals surface area contributed by atoms with Gasteiger partial charge in [-0.3, -0.25) is 38.4 Å². The lowest BCUT2D eigenvalue weighted by Gasteiger charge is -2.27. The number of likely N-dealkylation sites (N-methyl/N-ethyl adjacent to an activating group) is 1. The number of carboxylic acids is 2. The molecule has 1 saturated heterocycles. The zero-order chi connectivity index (χ0) is 53.1. The molecule has 6 N–H and O–H groups in total. The van der Waals surface area contributed by atoms with Crippen molar-refractivity contribution in [1.29, 1.82) is 0 Å². The Hall–Kier alpha value is -6.75. The van der Waals surface area contributed by atoms with Crippen LogP contribution in [0.25, 0.3) is 0 Å². The highest BCUT2D eigenvalue weighted by atomic mass is 16.5. The third-order valence-electron chi connectivity index (χ3n) is 13.0. The van der Waals surface area contributed by atoms with E-state index in [-0.39, 0.29) is 36.5 Å². The molecule has 1 aliphatic rings. The maximum atomic E-state index is 14.6. The van der Waals surface area contributed by atoms with Crippen molar-refractivity contribution in [2.45, 2.75) is 124 Å². The van der Waals surface area contributed by atoms with Crippen molar-refractivity contribution in [3.05, 3.63) is 108 Å². The molecule has 0 aliphatic carbocycles. The molecule has 17 nitrogen and oxygen atoms in total. The lowest BCUT2D eigenvalue weighted by molar-refractivity contribution is -0.149. The van der Waals surface area contributed by atoms with E-state index in [4.69, 9.17) is 4.74 Å². The summed E-state index contributed by atoms with van der Waals surface area (Å²) < 4.78 is 5.84. The van der Waals surface area contributed by atoms with Crippen molar-refractivity contribution in [3.63, 3.8) is 0 Å². The third-order valence-corrected chi connectivity index (χ3v) is 13.0. The summed E-state index contributed by atoms with van der Waals surface area (Å²) in [5.74, 6) is -13.4. The molecule has 0 aromatic heterocycles. The van der Waals surface area contributed by atoms with E-state index in [2.05, 4.69) is 27.8 Å². The molecule has 1 fully saturated rings. The number of nitrogens with zero attached hydrogens (tertiary/aromatic N) is 1. The first-order valence-corrected chi connectivity index (χ1v) is 24.1. The number of hydrogen-bond acceptors (Lipinski definition) is 10. The second kappa shape index (κ2) is 28.2. The Morgan fingerprint density at radius 2 is 1.39 bits per heavy atom. The minimum absolute atomic E-state index is 0.0300. The van der Waals surface area contributed by atoms with E-state index in [1.54, 1.807) is 63.4 Å². The number of allylic oxidation sites excluding steroid dienone is 2. The van der Waals surface area contributed by atoms with Crippen LogP contribution in [0.5, 0.6) is 0 Å². The average Bonchev–Trinajstić information content (AvgIpc) is 3.32. The Bertz CT molecular complexity index is 2280. The molecule has 0 spiro atoms. The molecule has 1 heterocycles. The topological polar surface area (TPSA) is 255 Å². The van der Waals surface area contributed by atoms with E-state index in [9.17, 15) is 53.4 Å². The number of ether oxygens (including phenoxy) is 1. The Morgan fingerprint density at radius 1 is 0.789 bits per heavy atom. The Kier molecular flexibility index (Phi) is 23.2. The van der Waals surface area contributed by atoms with E-state index >= 15 is 0 Å². The predicted molar refractivity (Wildman–Crippen MR) is 267 cm³/mol. The number of rotatable bonds is 13. The van der Waals surface area contributed by atoms with Crippen LogP contribution >= 0.6 is 0 Å². The van der Waals surface area contributed by atoms with Gasteiger partial charge in [-0.15, -0.1) is 0 Å². The second-order valence-electron chi connectivity index (χ2n) is 19.1. The number of Topliss-reactive ketones (excluding diaryl/α,β-unsaturated/α-hetero) is 2. The summed E-state index contributed by atoms with van der Waals surface area (Å²) in [5.41, 5.74) is 2.14. The van der Waals surface area contributed by atoms with Gasteiger partial charge in [-0.05, 0) is 56.6 Å². The summed E-state index contributed by atoms with van der Waals surface area (Å²) in [6, 6.07) is 13.5. The van der Waals surface area contributed by atoms with Crippen molar-refractivity contribution < 1.29 is 58.1 Å². The molecule has 0 saturated carbocycles. The number of methoxy groups -OCH3 is 1. The first kappa shape index (κ1) is 58.6. The molecule has 17 heteroatoms. The second-order valence-corrected chi connectivity index (χ2v) is 19.1. The first-order chi connectivity index (χ1) is 33.4. The fraction of sp³-hybridized carbons (Fsp3) is 0.500.